The van der Waals surface area contributed by atoms with Crippen LogP contribution in [-0.4, -0.2) is 32.2 Å². The quantitative estimate of drug-likeness (QED) is 0.663. The molecule has 154 valence electrons. The van der Waals surface area contributed by atoms with Gasteiger partial charge in [0.15, 0.2) is 11.5 Å². The molecule has 0 N–H and O–H groups in total. The first-order chi connectivity index (χ1) is 14.6. The smallest absolute Gasteiger partial charge is 0.258 e. The molecular weight excluding hydrogens is 382 g/mol. The van der Waals surface area contributed by atoms with Crippen LogP contribution < -0.4 is 19.8 Å². The molecule has 0 saturated heterocycles. The highest BCUT2D eigenvalue weighted by Gasteiger charge is 2.35. The van der Waals surface area contributed by atoms with E-state index in [4.69, 9.17) is 18.9 Å². The van der Waals surface area contributed by atoms with E-state index in [2.05, 4.69) is 12.1 Å². The van der Waals surface area contributed by atoms with Crippen LogP contribution in [0.15, 0.2) is 47.3 Å². The van der Waals surface area contributed by atoms with E-state index in [0.717, 1.165) is 22.0 Å². The highest BCUT2D eigenvalue weighted by molar-refractivity contribution is 5.88. The van der Waals surface area contributed by atoms with Gasteiger partial charge < -0.3 is 23.5 Å². The van der Waals surface area contributed by atoms with Gasteiger partial charge in [0.25, 0.3) is 5.56 Å². The predicted molar refractivity (Wildman–Crippen MR) is 115 cm³/mol. The first-order valence-corrected chi connectivity index (χ1v) is 9.90. The van der Waals surface area contributed by atoms with E-state index in [0.29, 0.717) is 29.4 Å². The van der Waals surface area contributed by atoms with E-state index in [1.165, 1.54) is 0 Å². The Hall–Kier alpha value is -3.25. The Labute approximate surface area is 174 Å². The van der Waals surface area contributed by atoms with Crippen LogP contribution in [0.2, 0.25) is 0 Å². The molecule has 0 radical (unpaired) electrons. The summed E-state index contributed by atoms with van der Waals surface area (Å²) in [6.07, 6.45) is 4.00. The highest BCUT2D eigenvalue weighted by Crippen LogP contribution is 2.48. The molecule has 2 heterocycles. The molecule has 30 heavy (non-hydrogen) atoms. The van der Waals surface area contributed by atoms with E-state index in [-0.39, 0.29) is 24.2 Å². The maximum atomic E-state index is 13.2. The van der Waals surface area contributed by atoms with Crippen LogP contribution in [0.3, 0.4) is 0 Å². The molecule has 1 aliphatic heterocycles. The number of nitrogens with zero attached hydrogens (tertiary/aromatic N) is 1. The Kier molecular flexibility index (Phi) is 4.51. The summed E-state index contributed by atoms with van der Waals surface area (Å²) in [7, 11) is 5.16. The van der Waals surface area contributed by atoms with Crippen LogP contribution >= 0.6 is 0 Å². The van der Waals surface area contributed by atoms with Crippen molar-refractivity contribution in [3.05, 3.63) is 69.5 Å². The summed E-state index contributed by atoms with van der Waals surface area (Å²) in [6, 6.07) is 11.9. The Balaban J connectivity index is 1.84. The number of para-hydroxylation sites is 1. The van der Waals surface area contributed by atoms with Gasteiger partial charge in [-0.1, -0.05) is 30.4 Å². The number of aromatic nitrogens is 1. The standard InChI is InChI=1S/C24H23NO5/c1-25-18-7-5-4-6-15(18)23-16(24(25)26)9-8-14(12-27-2)22(23)17-10-20-21(30-13-29-20)11-19(17)28-3/h4-11,14,22H,12-13H2,1-3H3/t14-,22+/m1/s1. The third-order valence-electron chi connectivity index (χ3n) is 6.05. The summed E-state index contributed by atoms with van der Waals surface area (Å²) in [6.45, 7) is 0.704. The van der Waals surface area contributed by atoms with Gasteiger partial charge in [0, 0.05) is 48.6 Å². The summed E-state index contributed by atoms with van der Waals surface area (Å²) in [5.74, 6) is 1.96. The summed E-state index contributed by atoms with van der Waals surface area (Å²) in [5, 5.41) is 1.05. The van der Waals surface area contributed by atoms with E-state index in [1.54, 1.807) is 18.8 Å². The van der Waals surface area contributed by atoms with Crippen LogP contribution in [0.25, 0.3) is 17.0 Å². The number of benzene rings is 2. The van der Waals surface area contributed by atoms with Gasteiger partial charge >= 0.3 is 0 Å². The zero-order chi connectivity index (χ0) is 20.8. The molecule has 6 heteroatoms. The number of hydrogen-bond donors (Lipinski definition) is 0. The van der Waals surface area contributed by atoms with Crippen molar-refractivity contribution in [3.8, 4) is 17.2 Å². The van der Waals surface area contributed by atoms with Crippen molar-refractivity contribution in [1.29, 1.82) is 0 Å². The van der Waals surface area contributed by atoms with Crippen LogP contribution in [0.1, 0.15) is 22.6 Å². The normalized spacial score (nSPS) is 19.2. The molecule has 0 bridgehead atoms. The number of fused-ring (bicyclic) bond motifs is 4. The monoisotopic (exact) mass is 405 g/mol. The van der Waals surface area contributed by atoms with E-state index < -0.39 is 0 Å². The van der Waals surface area contributed by atoms with Gasteiger partial charge in [-0.3, -0.25) is 4.79 Å². The van der Waals surface area contributed by atoms with Crippen molar-refractivity contribution in [2.75, 3.05) is 27.6 Å². The Morgan fingerprint density at radius 3 is 2.67 bits per heavy atom. The molecule has 0 unspecified atom stereocenters. The first kappa shape index (κ1) is 18.8. The van der Waals surface area contributed by atoms with E-state index in [1.807, 2.05) is 43.5 Å². The number of ether oxygens (including phenoxy) is 4. The van der Waals surface area contributed by atoms with Gasteiger partial charge in [-0.2, -0.15) is 0 Å². The van der Waals surface area contributed by atoms with Gasteiger partial charge in [0.1, 0.15) is 5.75 Å². The van der Waals surface area contributed by atoms with Crippen molar-refractivity contribution < 1.29 is 18.9 Å². The molecule has 2 aromatic carbocycles. The second-order valence-electron chi connectivity index (χ2n) is 7.61. The fourth-order valence-corrected chi connectivity index (χ4v) is 4.67. The van der Waals surface area contributed by atoms with Gasteiger partial charge in [-0.05, 0) is 17.7 Å². The largest absolute Gasteiger partial charge is 0.496 e. The van der Waals surface area contributed by atoms with Gasteiger partial charge in [-0.25, -0.2) is 0 Å². The Bertz CT molecular complexity index is 1230. The van der Waals surface area contributed by atoms with Crippen molar-refractivity contribution in [2.24, 2.45) is 13.0 Å². The Morgan fingerprint density at radius 2 is 1.90 bits per heavy atom. The number of aryl methyl sites for hydroxylation is 1. The highest BCUT2D eigenvalue weighted by atomic mass is 16.7. The Morgan fingerprint density at radius 1 is 1.13 bits per heavy atom. The number of hydrogen-bond acceptors (Lipinski definition) is 5. The molecule has 3 aromatic rings. The lowest BCUT2D eigenvalue weighted by atomic mass is 9.74. The van der Waals surface area contributed by atoms with Crippen molar-refractivity contribution in [2.45, 2.75) is 5.92 Å². The third kappa shape index (κ3) is 2.71. The lowest BCUT2D eigenvalue weighted by Gasteiger charge is -2.32. The number of rotatable bonds is 4. The van der Waals surface area contributed by atoms with Crippen molar-refractivity contribution in [1.82, 2.24) is 4.57 Å². The molecule has 1 aliphatic carbocycles. The molecule has 2 aliphatic rings. The lowest BCUT2D eigenvalue weighted by molar-refractivity contribution is 0.162. The molecule has 5 rings (SSSR count). The molecular formula is C24H23NO5. The van der Waals surface area contributed by atoms with Crippen molar-refractivity contribution in [3.63, 3.8) is 0 Å². The second kappa shape index (κ2) is 7.22. The van der Waals surface area contributed by atoms with Gasteiger partial charge in [0.2, 0.25) is 6.79 Å². The van der Waals surface area contributed by atoms with Crippen LogP contribution in [0.4, 0.5) is 0 Å². The van der Waals surface area contributed by atoms with E-state index in [9.17, 15) is 4.79 Å². The first-order valence-electron chi connectivity index (χ1n) is 9.90. The molecule has 6 nitrogen and oxygen atoms in total. The van der Waals surface area contributed by atoms with Gasteiger partial charge in [-0.15, -0.1) is 0 Å². The minimum Gasteiger partial charge on any atom is -0.496 e. The SMILES string of the molecule is COC[C@H]1C=Cc2c(c3ccccc3n(C)c2=O)[C@@H]1c1cc2c(cc1OC)OCO2. The average molecular weight is 405 g/mol. The molecule has 0 amide bonds. The summed E-state index contributed by atoms with van der Waals surface area (Å²) in [5.41, 5.74) is 3.54. The second-order valence-corrected chi connectivity index (χ2v) is 7.61. The fourth-order valence-electron chi connectivity index (χ4n) is 4.67. The summed E-state index contributed by atoms with van der Waals surface area (Å²) < 4.78 is 24.2. The van der Waals surface area contributed by atoms with E-state index >= 15 is 0 Å². The predicted octanol–water partition coefficient (Wildman–Crippen LogP) is 3.70. The maximum Gasteiger partial charge on any atom is 0.258 e. The maximum absolute atomic E-state index is 13.2. The summed E-state index contributed by atoms with van der Waals surface area (Å²) >= 11 is 0. The zero-order valence-electron chi connectivity index (χ0n) is 17.2. The van der Waals surface area contributed by atoms with Crippen LogP contribution in [0, 0.1) is 5.92 Å². The topological polar surface area (TPSA) is 58.9 Å². The summed E-state index contributed by atoms with van der Waals surface area (Å²) in [4.78, 5) is 13.2. The lowest BCUT2D eigenvalue weighted by Crippen LogP contribution is -2.29. The third-order valence-corrected chi connectivity index (χ3v) is 6.05. The minimum absolute atomic E-state index is 0.0134. The number of pyridine rings is 1. The van der Waals surface area contributed by atoms with Gasteiger partial charge in [0.05, 0.1) is 19.2 Å². The molecule has 2 atom stereocenters. The molecule has 1 aromatic heterocycles. The number of methoxy groups -OCH3 is 2. The molecule has 0 spiro atoms. The molecule has 0 saturated carbocycles. The zero-order valence-corrected chi connectivity index (χ0v) is 17.2. The average Bonchev–Trinajstić information content (AvgIpc) is 3.24. The fraction of sp³-hybridized carbons (Fsp3) is 0.292. The van der Waals surface area contributed by atoms with Crippen LogP contribution in [0.5, 0.6) is 17.2 Å². The minimum atomic E-state index is -0.131. The van der Waals surface area contributed by atoms with Crippen LogP contribution in [-0.2, 0) is 11.8 Å². The molecule has 0 fully saturated rings. The van der Waals surface area contributed by atoms with Crippen molar-refractivity contribution >= 4 is 17.0 Å².